The minimum absolute atomic E-state index is 0.0413. The van der Waals surface area contributed by atoms with E-state index in [1.165, 1.54) is 21.0 Å². The van der Waals surface area contributed by atoms with Crippen molar-refractivity contribution in [1.29, 1.82) is 0 Å². The predicted octanol–water partition coefficient (Wildman–Crippen LogP) is 3.56. The second-order valence-electron chi connectivity index (χ2n) is 7.73. The zero-order valence-electron chi connectivity index (χ0n) is 19.8. The first-order valence-corrected chi connectivity index (χ1v) is 10.6. The van der Waals surface area contributed by atoms with E-state index in [-0.39, 0.29) is 42.7 Å². The number of aromatic hydroxyl groups is 1. The molecule has 0 unspecified atom stereocenters. The van der Waals surface area contributed by atoms with Crippen molar-refractivity contribution in [2.24, 2.45) is 11.8 Å². The summed E-state index contributed by atoms with van der Waals surface area (Å²) in [5.41, 5.74) is 1.85. The summed E-state index contributed by atoms with van der Waals surface area (Å²) in [4.78, 5) is 23.1. The molecule has 0 fully saturated rings. The first-order chi connectivity index (χ1) is 15.8. The molecule has 1 N–H and O–H groups in total. The van der Waals surface area contributed by atoms with Gasteiger partial charge in [-0.15, -0.1) is 0 Å². The number of ether oxygens (including phenoxy) is 5. The quantitative estimate of drug-likeness (QED) is 0.480. The van der Waals surface area contributed by atoms with E-state index in [2.05, 4.69) is 0 Å². The summed E-state index contributed by atoms with van der Waals surface area (Å²) in [6.45, 7) is 3.03. The van der Waals surface area contributed by atoms with Crippen LogP contribution in [-0.4, -0.2) is 51.6 Å². The van der Waals surface area contributed by atoms with Gasteiger partial charge in [-0.05, 0) is 48.2 Å². The van der Waals surface area contributed by atoms with Gasteiger partial charge in [0.15, 0.2) is 23.0 Å². The molecule has 0 aliphatic heterocycles. The largest absolute Gasteiger partial charge is 0.504 e. The molecule has 33 heavy (non-hydrogen) atoms. The molecule has 0 saturated carbocycles. The molecule has 0 aliphatic rings. The highest BCUT2D eigenvalue weighted by atomic mass is 16.5. The van der Waals surface area contributed by atoms with Gasteiger partial charge >= 0.3 is 11.9 Å². The highest BCUT2D eigenvalue weighted by Crippen LogP contribution is 2.32. The normalized spacial score (nSPS) is 12.4. The van der Waals surface area contributed by atoms with Crippen molar-refractivity contribution in [2.75, 3.05) is 34.5 Å². The number of carbonyl (C=O) groups is 2. The molecule has 0 radical (unpaired) electrons. The first-order valence-electron chi connectivity index (χ1n) is 10.6. The molecule has 180 valence electrons. The SMILES string of the molecule is COc1cc(C[C@@H](COC(C)=O)[C@H](COC(C)=O)Cc2ccc(OC)c(OC)c2)ccc1O. The zero-order chi connectivity index (χ0) is 24.4. The molecule has 0 aromatic heterocycles. The van der Waals surface area contributed by atoms with Gasteiger partial charge in [-0.3, -0.25) is 9.59 Å². The van der Waals surface area contributed by atoms with Crippen LogP contribution < -0.4 is 14.2 Å². The van der Waals surface area contributed by atoms with Crippen molar-refractivity contribution in [2.45, 2.75) is 26.7 Å². The number of phenols is 1. The van der Waals surface area contributed by atoms with Crippen LogP contribution in [-0.2, 0) is 31.9 Å². The fourth-order valence-corrected chi connectivity index (χ4v) is 3.63. The summed E-state index contributed by atoms with van der Waals surface area (Å²) in [5, 5.41) is 9.91. The third-order valence-electron chi connectivity index (χ3n) is 5.36. The Labute approximate surface area is 194 Å². The van der Waals surface area contributed by atoms with E-state index in [4.69, 9.17) is 23.7 Å². The van der Waals surface area contributed by atoms with E-state index in [1.54, 1.807) is 32.4 Å². The first kappa shape index (κ1) is 25.8. The molecular weight excluding hydrogens is 428 g/mol. The average molecular weight is 461 g/mol. The number of benzene rings is 2. The van der Waals surface area contributed by atoms with Crippen LogP contribution in [0.1, 0.15) is 25.0 Å². The van der Waals surface area contributed by atoms with E-state index in [9.17, 15) is 14.7 Å². The summed E-state index contributed by atoms with van der Waals surface area (Å²) in [5.74, 6) is 0.508. The van der Waals surface area contributed by atoms with E-state index >= 15 is 0 Å². The Morgan fingerprint density at radius 1 is 0.727 bits per heavy atom. The maximum absolute atomic E-state index is 11.6. The molecule has 2 aromatic rings. The van der Waals surface area contributed by atoms with Gasteiger partial charge in [0.25, 0.3) is 0 Å². The van der Waals surface area contributed by atoms with Gasteiger partial charge in [0.05, 0.1) is 34.5 Å². The molecule has 0 heterocycles. The molecule has 8 heteroatoms. The van der Waals surface area contributed by atoms with Crippen LogP contribution in [0.25, 0.3) is 0 Å². The van der Waals surface area contributed by atoms with Gasteiger partial charge < -0.3 is 28.8 Å². The Morgan fingerprint density at radius 2 is 1.18 bits per heavy atom. The molecule has 2 atom stereocenters. The summed E-state index contributed by atoms with van der Waals surface area (Å²) in [7, 11) is 4.62. The van der Waals surface area contributed by atoms with Crippen LogP contribution in [0.15, 0.2) is 36.4 Å². The second-order valence-corrected chi connectivity index (χ2v) is 7.73. The Bertz CT molecular complexity index is 940. The number of esters is 2. The van der Waals surface area contributed by atoms with Crippen LogP contribution in [0, 0.1) is 11.8 Å². The topological polar surface area (TPSA) is 101 Å². The minimum Gasteiger partial charge on any atom is -0.504 e. The van der Waals surface area contributed by atoms with Crippen molar-refractivity contribution in [3.63, 3.8) is 0 Å². The number of hydrogen-bond acceptors (Lipinski definition) is 8. The molecule has 0 saturated heterocycles. The van der Waals surface area contributed by atoms with Gasteiger partial charge in [0.2, 0.25) is 0 Å². The van der Waals surface area contributed by atoms with Crippen LogP contribution in [0.3, 0.4) is 0 Å². The zero-order valence-corrected chi connectivity index (χ0v) is 19.8. The fourth-order valence-electron chi connectivity index (χ4n) is 3.63. The minimum atomic E-state index is -0.388. The maximum atomic E-state index is 11.6. The molecule has 0 amide bonds. The third kappa shape index (κ3) is 7.89. The summed E-state index contributed by atoms with van der Waals surface area (Å²) < 4.78 is 26.7. The summed E-state index contributed by atoms with van der Waals surface area (Å²) in [6, 6.07) is 10.7. The summed E-state index contributed by atoms with van der Waals surface area (Å²) in [6.07, 6.45) is 1.07. The van der Waals surface area contributed by atoms with Crippen LogP contribution in [0.4, 0.5) is 0 Å². The Hall–Kier alpha value is -3.42. The Morgan fingerprint density at radius 3 is 1.64 bits per heavy atom. The van der Waals surface area contributed by atoms with Gasteiger partial charge in [0.1, 0.15) is 0 Å². The molecule has 8 nitrogen and oxygen atoms in total. The van der Waals surface area contributed by atoms with Crippen molar-refractivity contribution in [3.8, 4) is 23.0 Å². The maximum Gasteiger partial charge on any atom is 0.302 e. The lowest BCUT2D eigenvalue weighted by atomic mass is 9.83. The van der Waals surface area contributed by atoms with Gasteiger partial charge in [-0.25, -0.2) is 0 Å². The fraction of sp³-hybridized carbons (Fsp3) is 0.440. The monoisotopic (exact) mass is 460 g/mol. The third-order valence-corrected chi connectivity index (χ3v) is 5.36. The van der Waals surface area contributed by atoms with Gasteiger partial charge in [-0.1, -0.05) is 12.1 Å². The summed E-state index contributed by atoms with van der Waals surface area (Å²) >= 11 is 0. The number of methoxy groups -OCH3 is 3. The van der Waals surface area contributed by atoms with Crippen molar-refractivity contribution in [1.82, 2.24) is 0 Å². The van der Waals surface area contributed by atoms with Gasteiger partial charge in [-0.2, -0.15) is 0 Å². The van der Waals surface area contributed by atoms with E-state index < -0.39 is 0 Å². The van der Waals surface area contributed by atoms with Crippen LogP contribution >= 0.6 is 0 Å². The van der Waals surface area contributed by atoms with Crippen molar-refractivity contribution >= 4 is 11.9 Å². The molecular formula is C25H32O8. The standard InChI is InChI=1S/C25H32O8/c1-16(26)32-14-20(10-18-6-8-22(28)24(12-18)30-4)21(15-33-17(2)27)11-19-7-9-23(29-3)25(13-19)31-5/h6-9,12-13,20-21,28H,10-11,14-15H2,1-5H3/t20-,21-/m0/s1. The van der Waals surface area contributed by atoms with Crippen molar-refractivity contribution in [3.05, 3.63) is 47.5 Å². The Kier molecular flexibility index (Phi) is 9.84. The average Bonchev–Trinajstić information content (AvgIpc) is 2.80. The number of carbonyl (C=O) groups excluding carboxylic acids is 2. The lowest BCUT2D eigenvalue weighted by Gasteiger charge is -2.27. The lowest BCUT2D eigenvalue weighted by Crippen LogP contribution is -2.29. The lowest BCUT2D eigenvalue weighted by molar-refractivity contribution is -0.147. The van der Waals surface area contributed by atoms with Crippen LogP contribution in [0.5, 0.6) is 23.0 Å². The highest BCUT2D eigenvalue weighted by molar-refractivity contribution is 5.66. The number of rotatable bonds is 12. The molecule has 2 aromatic carbocycles. The molecule has 0 spiro atoms. The van der Waals surface area contributed by atoms with E-state index in [0.717, 1.165) is 11.1 Å². The van der Waals surface area contributed by atoms with Gasteiger partial charge in [0, 0.05) is 25.7 Å². The van der Waals surface area contributed by atoms with Crippen LogP contribution in [0.2, 0.25) is 0 Å². The Balaban J connectivity index is 2.35. The smallest absolute Gasteiger partial charge is 0.302 e. The second kappa shape index (κ2) is 12.6. The molecule has 0 bridgehead atoms. The van der Waals surface area contributed by atoms with Crippen molar-refractivity contribution < 1.29 is 38.4 Å². The number of phenolic OH excluding ortho intramolecular Hbond substituents is 1. The van der Waals surface area contributed by atoms with E-state index in [0.29, 0.717) is 30.1 Å². The number of hydrogen-bond donors (Lipinski definition) is 1. The highest BCUT2D eigenvalue weighted by Gasteiger charge is 2.26. The predicted molar refractivity (Wildman–Crippen MR) is 122 cm³/mol. The molecule has 0 aliphatic carbocycles. The molecule has 2 rings (SSSR count). The van der Waals surface area contributed by atoms with E-state index in [1.807, 2.05) is 18.2 Å².